The monoisotopic (exact) mass is 354 g/mol. The molecule has 4 rings (SSSR count). The van der Waals surface area contributed by atoms with Gasteiger partial charge >= 0.3 is 0 Å². The van der Waals surface area contributed by atoms with Crippen LogP contribution in [0.25, 0.3) is 0 Å². The summed E-state index contributed by atoms with van der Waals surface area (Å²) in [5.74, 6) is 2.80. The Morgan fingerprint density at radius 3 is 3.04 bits per heavy atom. The fourth-order valence-electron chi connectivity index (χ4n) is 3.03. The third-order valence-electron chi connectivity index (χ3n) is 4.13. The van der Waals surface area contributed by atoms with Gasteiger partial charge < -0.3 is 10.2 Å². The van der Waals surface area contributed by atoms with Crippen molar-refractivity contribution >= 4 is 28.1 Å². The number of piperidine rings is 1. The molecule has 0 radical (unpaired) electrons. The first-order chi connectivity index (χ1) is 12.3. The highest BCUT2D eigenvalue weighted by Crippen LogP contribution is 2.28. The van der Waals surface area contributed by atoms with E-state index in [1.54, 1.807) is 17.9 Å². The van der Waals surface area contributed by atoms with Crippen molar-refractivity contribution in [1.82, 2.24) is 30.1 Å². The molecule has 1 N–H and O–H groups in total. The minimum atomic E-state index is 0.269. The molecule has 1 aliphatic heterocycles. The van der Waals surface area contributed by atoms with E-state index in [-0.39, 0.29) is 5.92 Å². The van der Waals surface area contributed by atoms with Crippen LogP contribution >= 0.6 is 11.3 Å². The number of aryl methyl sites for hydroxylation is 1. The lowest BCUT2D eigenvalue weighted by atomic mass is 9.97. The Labute approximate surface area is 149 Å². The highest BCUT2D eigenvalue weighted by molar-refractivity contribution is 7.13. The molecule has 4 heterocycles. The predicted octanol–water partition coefficient (Wildman–Crippen LogP) is 2.55. The Balaban J connectivity index is 1.55. The van der Waals surface area contributed by atoms with Gasteiger partial charge in [0, 0.05) is 43.2 Å². The molecule has 0 aromatic carbocycles. The van der Waals surface area contributed by atoms with Crippen molar-refractivity contribution in [2.24, 2.45) is 0 Å². The van der Waals surface area contributed by atoms with Crippen LogP contribution in [0.2, 0.25) is 0 Å². The summed E-state index contributed by atoms with van der Waals surface area (Å²) in [5.41, 5.74) is 2.63. The van der Waals surface area contributed by atoms with Crippen LogP contribution in [-0.4, -0.2) is 43.2 Å². The first-order valence-corrected chi connectivity index (χ1v) is 9.05. The standard InChI is InChI=1S/C16H18N8S/c1-11-7-13(22-16-23-19-10-25-16)21-15(20-11)12-3-2-6-24(9-12)14-8-17-4-5-18-14/h4-5,7-8,10,12H,2-3,6,9H2,1H3,(H,20,21,22,23). The number of nitrogens with zero attached hydrogens (tertiary/aromatic N) is 7. The summed E-state index contributed by atoms with van der Waals surface area (Å²) in [6.45, 7) is 3.82. The Morgan fingerprint density at radius 2 is 2.24 bits per heavy atom. The third-order valence-corrected chi connectivity index (χ3v) is 4.73. The van der Waals surface area contributed by atoms with Crippen molar-refractivity contribution in [2.45, 2.75) is 25.7 Å². The normalized spacial score (nSPS) is 17.5. The van der Waals surface area contributed by atoms with E-state index in [1.807, 2.05) is 19.2 Å². The van der Waals surface area contributed by atoms with E-state index < -0.39 is 0 Å². The van der Waals surface area contributed by atoms with E-state index in [9.17, 15) is 0 Å². The van der Waals surface area contributed by atoms with E-state index in [1.165, 1.54) is 11.3 Å². The van der Waals surface area contributed by atoms with Crippen LogP contribution in [0.5, 0.6) is 0 Å². The molecule has 9 heteroatoms. The largest absolute Gasteiger partial charge is 0.355 e. The minimum absolute atomic E-state index is 0.269. The van der Waals surface area contributed by atoms with Crippen LogP contribution < -0.4 is 10.2 Å². The van der Waals surface area contributed by atoms with Gasteiger partial charge in [-0.15, -0.1) is 10.2 Å². The molecule has 1 atom stereocenters. The zero-order valence-electron chi connectivity index (χ0n) is 13.8. The maximum atomic E-state index is 4.71. The first kappa shape index (κ1) is 15.8. The van der Waals surface area contributed by atoms with Crippen LogP contribution in [0.4, 0.5) is 16.8 Å². The molecule has 0 saturated carbocycles. The number of anilines is 3. The van der Waals surface area contributed by atoms with E-state index in [0.29, 0.717) is 0 Å². The van der Waals surface area contributed by atoms with Crippen LogP contribution in [0.1, 0.15) is 30.3 Å². The molecule has 0 amide bonds. The maximum Gasteiger partial charge on any atom is 0.210 e. The van der Waals surface area contributed by atoms with Gasteiger partial charge in [0.1, 0.15) is 23.0 Å². The maximum absolute atomic E-state index is 4.71. The summed E-state index contributed by atoms with van der Waals surface area (Å²) in [6.07, 6.45) is 7.38. The quantitative estimate of drug-likeness (QED) is 0.764. The van der Waals surface area contributed by atoms with Crippen molar-refractivity contribution in [1.29, 1.82) is 0 Å². The molecule has 1 saturated heterocycles. The molecule has 1 aliphatic rings. The van der Waals surface area contributed by atoms with Gasteiger partial charge in [-0.2, -0.15) is 0 Å². The molecular formula is C16H18N8S. The van der Waals surface area contributed by atoms with E-state index in [4.69, 9.17) is 4.98 Å². The second-order valence-electron chi connectivity index (χ2n) is 5.97. The smallest absolute Gasteiger partial charge is 0.210 e. The molecule has 3 aromatic rings. The van der Waals surface area contributed by atoms with Crippen molar-refractivity contribution in [2.75, 3.05) is 23.3 Å². The van der Waals surface area contributed by atoms with Gasteiger partial charge in [0.05, 0.1) is 6.20 Å². The number of nitrogens with one attached hydrogen (secondary N) is 1. The third kappa shape index (κ3) is 3.71. The zero-order valence-corrected chi connectivity index (χ0v) is 14.6. The molecule has 0 spiro atoms. The number of hydrogen-bond donors (Lipinski definition) is 1. The fourth-order valence-corrected chi connectivity index (χ4v) is 3.48. The topological polar surface area (TPSA) is 92.6 Å². The molecule has 1 unspecified atom stereocenters. The molecule has 0 bridgehead atoms. The number of aromatic nitrogens is 6. The molecule has 128 valence electrons. The van der Waals surface area contributed by atoms with E-state index >= 15 is 0 Å². The molecule has 25 heavy (non-hydrogen) atoms. The number of hydrogen-bond acceptors (Lipinski definition) is 9. The summed E-state index contributed by atoms with van der Waals surface area (Å²) in [6, 6.07) is 1.92. The first-order valence-electron chi connectivity index (χ1n) is 8.17. The van der Waals surface area contributed by atoms with Gasteiger partial charge in [-0.3, -0.25) is 4.98 Å². The predicted molar refractivity (Wildman–Crippen MR) is 96.2 cm³/mol. The zero-order chi connectivity index (χ0) is 17.1. The second-order valence-corrected chi connectivity index (χ2v) is 6.80. The Bertz CT molecular complexity index is 823. The van der Waals surface area contributed by atoms with Gasteiger partial charge in [0.2, 0.25) is 5.13 Å². The lowest BCUT2D eigenvalue weighted by Gasteiger charge is -2.32. The fraction of sp³-hybridized carbons (Fsp3) is 0.375. The molecule has 0 aliphatic carbocycles. The SMILES string of the molecule is Cc1cc(Nc2nncs2)nc(C2CCCN(c3cnccn3)C2)n1. The van der Waals surface area contributed by atoms with Crippen molar-refractivity contribution < 1.29 is 0 Å². The second kappa shape index (κ2) is 7.06. The van der Waals surface area contributed by atoms with Crippen molar-refractivity contribution in [3.8, 4) is 0 Å². The molecule has 1 fully saturated rings. The Hall–Kier alpha value is -2.68. The summed E-state index contributed by atoms with van der Waals surface area (Å²) in [4.78, 5) is 20.2. The summed E-state index contributed by atoms with van der Waals surface area (Å²) in [7, 11) is 0. The van der Waals surface area contributed by atoms with Gasteiger partial charge in [0.25, 0.3) is 0 Å². The van der Waals surface area contributed by atoms with E-state index in [0.717, 1.165) is 54.2 Å². The number of rotatable bonds is 4. The summed E-state index contributed by atoms with van der Waals surface area (Å²) >= 11 is 1.45. The summed E-state index contributed by atoms with van der Waals surface area (Å²) < 4.78 is 0. The lowest BCUT2D eigenvalue weighted by molar-refractivity contribution is 0.488. The lowest BCUT2D eigenvalue weighted by Crippen LogP contribution is -2.35. The van der Waals surface area contributed by atoms with Gasteiger partial charge in [-0.25, -0.2) is 15.0 Å². The molecular weight excluding hydrogens is 336 g/mol. The van der Waals surface area contributed by atoms with Gasteiger partial charge in [0.15, 0.2) is 0 Å². The minimum Gasteiger partial charge on any atom is -0.355 e. The van der Waals surface area contributed by atoms with Crippen LogP contribution in [0.15, 0.2) is 30.2 Å². The average molecular weight is 354 g/mol. The average Bonchev–Trinajstić information content (AvgIpc) is 3.15. The Morgan fingerprint density at radius 1 is 1.28 bits per heavy atom. The highest BCUT2D eigenvalue weighted by atomic mass is 32.1. The highest BCUT2D eigenvalue weighted by Gasteiger charge is 2.25. The van der Waals surface area contributed by atoms with Crippen molar-refractivity contribution in [3.05, 3.63) is 41.7 Å². The van der Waals surface area contributed by atoms with Crippen LogP contribution in [-0.2, 0) is 0 Å². The van der Waals surface area contributed by atoms with Crippen LogP contribution in [0, 0.1) is 6.92 Å². The van der Waals surface area contributed by atoms with Gasteiger partial charge in [-0.1, -0.05) is 11.3 Å². The molecule has 8 nitrogen and oxygen atoms in total. The summed E-state index contributed by atoms with van der Waals surface area (Å²) in [5, 5.41) is 11.8. The van der Waals surface area contributed by atoms with Crippen LogP contribution in [0.3, 0.4) is 0 Å². The van der Waals surface area contributed by atoms with Gasteiger partial charge in [-0.05, 0) is 19.8 Å². The Kier molecular flexibility index (Phi) is 4.47. The van der Waals surface area contributed by atoms with E-state index in [2.05, 4.69) is 35.4 Å². The van der Waals surface area contributed by atoms with Crippen molar-refractivity contribution in [3.63, 3.8) is 0 Å². The molecule has 3 aromatic heterocycles.